The number of aliphatic hydroxyl groups is 1. The summed E-state index contributed by atoms with van der Waals surface area (Å²) in [6.07, 6.45) is 2.64. The van der Waals surface area contributed by atoms with Gasteiger partial charge in [-0.3, -0.25) is 4.68 Å². The summed E-state index contributed by atoms with van der Waals surface area (Å²) >= 11 is 6.19. The molecule has 0 radical (unpaired) electrons. The minimum Gasteiger partial charge on any atom is -0.381 e. The number of rotatable bonds is 5. The second kappa shape index (κ2) is 7.41. The zero-order chi connectivity index (χ0) is 21.6. The summed E-state index contributed by atoms with van der Waals surface area (Å²) in [5.41, 5.74) is -1.24. The number of halogens is 4. The van der Waals surface area contributed by atoms with Crippen LogP contribution in [-0.4, -0.2) is 29.7 Å². The Morgan fingerprint density at radius 3 is 2.60 bits per heavy atom. The van der Waals surface area contributed by atoms with Gasteiger partial charge in [0.05, 0.1) is 28.8 Å². The van der Waals surface area contributed by atoms with Gasteiger partial charge in [-0.2, -0.15) is 10.2 Å². The maximum absolute atomic E-state index is 14.7. The Morgan fingerprint density at radius 1 is 1.17 bits per heavy atom. The molecule has 4 aromatic rings. The molecule has 0 aliphatic rings. The molecule has 0 saturated heterocycles. The molecule has 4 rings (SSSR count). The highest BCUT2D eigenvalue weighted by molar-refractivity contribution is 6.35. The predicted molar refractivity (Wildman–Crippen MR) is 104 cm³/mol. The fraction of sp³-hybridized carbons (Fsp3) is 0.250. The maximum atomic E-state index is 14.7. The minimum atomic E-state index is -1.93. The van der Waals surface area contributed by atoms with E-state index < -0.39 is 29.1 Å². The van der Waals surface area contributed by atoms with E-state index in [-0.39, 0.29) is 17.1 Å². The van der Waals surface area contributed by atoms with Crippen molar-refractivity contribution >= 4 is 22.5 Å². The van der Waals surface area contributed by atoms with Crippen LogP contribution in [0.15, 0.2) is 43.0 Å². The average molecular weight is 436 g/mol. The molecule has 156 valence electrons. The summed E-state index contributed by atoms with van der Waals surface area (Å²) in [5.74, 6) is -2.28. The van der Waals surface area contributed by atoms with E-state index in [1.54, 1.807) is 13.8 Å². The fourth-order valence-electron chi connectivity index (χ4n) is 3.71. The molecule has 1 N–H and O–H groups in total. The molecule has 30 heavy (non-hydrogen) atoms. The Bertz CT molecular complexity index is 1230. The lowest BCUT2D eigenvalue weighted by Gasteiger charge is -2.35. The summed E-state index contributed by atoms with van der Waals surface area (Å²) in [5, 5.41) is 20.8. The van der Waals surface area contributed by atoms with Crippen LogP contribution in [0.1, 0.15) is 24.2 Å². The largest absolute Gasteiger partial charge is 0.381 e. The van der Waals surface area contributed by atoms with Gasteiger partial charge >= 0.3 is 0 Å². The molecule has 0 aliphatic carbocycles. The monoisotopic (exact) mass is 435 g/mol. The Balaban J connectivity index is 1.92. The summed E-state index contributed by atoms with van der Waals surface area (Å²) in [6, 6.07) is 4.42. The van der Waals surface area contributed by atoms with Gasteiger partial charge in [0.2, 0.25) is 0 Å². The maximum Gasteiger partial charge on any atom is 0.137 e. The zero-order valence-electron chi connectivity index (χ0n) is 16.0. The van der Waals surface area contributed by atoms with Crippen LogP contribution in [0.3, 0.4) is 0 Å². The molecular formula is C20H17ClF3N5O. The van der Waals surface area contributed by atoms with Crippen molar-refractivity contribution in [1.82, 2.24) is 24.5 Å². The van der Waals surface area contributed by atoms with Gasteiger partial charge in [0.25, 0.3) is 0 Å². The van der Waals surface area contributed by atoms with Crippen molar-refractivity contribution in [3.8, 4) is 0 Å². The van der Waals surface area contributed by atoms with E-state index in [9.17, 15) is 18.3 Å². The molecular weight excluding hydrogens is 419 g/mol. The highest BCUT2D eigenvalue weighted by atomic mass is 35.5. The van der Waals surface area contributed by atoms with Crippen LogP contribution < -0.4 is 0 Å². The van der Waals surface area contributed by atoms with Crippen LogP contribution >= 0.6 is 11.6 Å². The number of fused-ring (bicyclic) bond motifs is 1. The van der Waals surface area contributed by atoms with Gasteiger partial charge in [-0.25, -0.2) is 22.8 Å². The van der Waals surface area contributed by atoms with Crippen LogP contribution in [0.25, 0.3) is 10.9 Å². The van der Waals surface area contributed by atoms with Crippen molar-refractivity contribution in [3.05, 3.63) is 76.7 Å². The summed E-state index contributed by atoms with van der Waals surface area (Å²) in [6.45, 7) is 3.09. The fourth-order valence-corrected chi connectivity index (χ4v) is 4.04. The average Bonchev–Trinajstić information content (AvgIpc) is 3.28. The van der Waals surface area contributed by atoms with E-state index >= 15 is 0 Å². The van der Waals surface area contributed by atoms with E-state index in [1.807, 2.05) is 0 Å². The van der Waals surface area contributed by atoms with E-state index in [0.717, 1.165) is 6.07 Å². The van der Waals surface area contributed by atoms with Crippen LogP contribution in [0.5, 0.6) is 0 Å². The molecule has 2 atom stereocenters. The van der Waals surface area contributed by atoms with Crippen molar-refractivity contribution in [3.63, 3.8) is 0 Å². The molecule has 0 saturated carbocycles. The third-order valence-corrected chi connectivity index (χ3v) is 5.52. The SMILES string of the molecule is Cc1nn([C@H](C)[C@](O)(Cn2cncn2)c2ccc(F)cc2F)c2cc(F)cc(Cl)c12. The zero-order valence-corrected chi connectivity index (χ0v) is 16.8. The first-order valence-corrected chi connectivity index (χ1v) is 9.42. The first-order chi connectivity index (χ1) is 14.2. The van der Waals surface area contributed by atoms with E-state index in [2.05, 4.69) is 15.2 Å². The molecule has 2 aromatic heterocycles. The summed E-state index contributed by atoms with van der Waals surface area (Å²) < 4.78 is 45.0. The van der Waals surface area contributed by atoms with Crippen LogP contribution in [0.2, 0.25) is 5.02 Å². The quantitative estimate of drug-likeness (QED) is 0.511. The number of aromatic nitrogens is 5. The van der Waals surface area contributed by atoms with Crippen LogP contribution in [0, 0.1) is 24.4 Å². The predicted octanol–water partition coefficient (Wildman–Crippen LogP) is 4.16. The van der Waals surface area contributed by atoms with Crippen molar-refractivity contribution in [2.75, 3.05) is 0 Å². The summed E-state index contributed by atoms with van der Waals surface area (Å²) in [4.78, 5) is 3.84. The Labute approximate surface area is 174 Å². The van der Waals surface area contributed by atoms with Crippen LogP contribution in [-0.2, 0) is 12.1 Å². The van der Waals surface area contributed by atoms with Gasteiger partial charge in [-0.05, 0) is 32.0 Å². The molecule has 0 aliphatic heterocycles. The number of benzene rings is 2. The van der Waals surface area contributed by atoms with Crippen molar-refractivity contribution in [2.45, 2.75) is 32.0 Å². The van der Waals surface area contributed by atoms with Crippen molar-refractivity contribution in [2.24, 2.45) is 0 Å². The van der Waals surface area contributed by atoms with Gasteiger partial charge in [0.1, 0.15) is 35.7 Å². The topological polar surface area (TPSA) is 68.8 Å². The molecule has 0 unspecified atom stereocenters. The Kier molecular flexibility index (Phi) is 5.03. The third-order valence-electron chi connectivity index (χ3n) is 5.23. The van der Waals surface area contributed by atoms with E-state index in [4.69, 9.17) is 11.6 Å². The van der Waals surface area contributed by atoms with Gasteiger partial charge < -0.3 is 5.11 Å². The first kappa shape index (κ1) is 20.4. The first-order valence-electron chi connectivity index (χ1n) is 9.05. The highest BCUT2D eigenvalue weighted by Gasteiger charge is 2.41. The second-order valence-electron chi connectivity index (χ2n) is 7.13. The van der Waals surface area contributed by atoms with Gasteiger partial charge in [0.15, 0.2) is 0 Å². The van der Waals surface area contributed by atoms with Gasteiger partial charge in [0, 0.05) is 17.0 Å². The van der Waals surface area contributed by atoms with Crippen molar-refractivity contribution in [1.29, 1.82) is 0 Å². The smallest absolute Gasteiger partial charge is 0.137 e. The molecule has 0 fully saturated rings. The second-order valence-corrected chi connectivity index (χ2v) is 7.54. The Hall–Kier alpha value is -2.91. The molecule has 0 bridgehead atoms. The lowest BCUT2D eigenvalue weighted by atomic mass is 9.86. The lowest BCUT2D eigenvalue weighted by molar-refractivity contribution is -0.0355. The highest BCUT2D eigenvalue weighted by Crippen LogP contribution is 2.39. The number of nitrogens with zero attached hydrogens (tertiary/aromatic N) is 5. The molecule has 2 aromatic carbocycles. The normalized spacial score (nSPS) is 14.8. The van der Waals surface area contributed by atoms with Crippen LogP contribution in [0.4, 0.5) is 13.2 Å². The van der Waals surface area contributed by atoms with E-state index in [1.165, 1.54) is 40.2 Å². The van der Waals surface area contributed by atoms with Gasteiger partial charge in [-0.15, -0.1) is 0 Å². The molecule has 2 heterocycles. The lowest BCUT2D eigenvalue weighted by Crippen LogP contribution is -2.41. The van der Waals surface area contributed by atoms with Crippen molar-refractivity contribution < 1.29 is 18.3 Å². The standard InChI is InChI=1S/C20H17ClF3N5O/c1-11-19-16(21)5-14(23)7-18(19)29(27-11)12(2)20(30,8-28-10-25-9-26-28)15-4-3-13(22)6-17(15)24/h3-7,9-10,12,30H,8H2,1-2H3/t12-,20-/m1/s1. The molecule has 10 heteroatoms. The molecule has 6 nitrogen and oxygen atoms in total. The number of hydrogen-bond acceptors (Lipinski definition) is 4. The third kappa shape index (κ3) is 3.33. The minimum absolute atomic E-state index is 0.157. The summed E-state index contributed by atoms with van der Waals surface area (Å²) in [7, 11) is 0. The molecule has 0 amide bonds. The number of hydrogen-bond donors (Lipinski definition) is 1. The van der Waals surface area contributed by atoms with Gasteiger partial charge in [-0.1, -0.05) is 17.7 Å². The number of aryl methyl sites for hydroxylation is 1. The Morgan fingerprint density at radius 2 is 1.93 bits per heavy atom. The van der Waals surface area contributed by atoms with E-state index in [0.29, 0.717) is 22.7 Å². The molecule has 0 spiro atoms.